The summed E-state index contributed by atoms with van der Waals surface area (Å²) >= 11 is 0. The van der Waals surface area contributed by atoms with Crippen molar-refractivity contribution in [1.82, 2.24) is 0 Å². The minimum Gasteiger partial charge on any atom is -0.495 e. The SMILES string of the molecule is CCCOCCCC(=O)Nc1cc(N)ccc1OC. The van der Waals surface area contributed by atoms with Gasteiger partial charge in [-0.15, -0.1) is 0 Å². The average Bonchev–Trinajstić information content (AvgIpc) is 2.39. The maximum atomic E-state index is 11.8. The summed E-state index contributed by atoms with van der Waals surface area (Å²) in [5, 5.41) is 2.79. The van der Waals surface area contributed by atoms with Crippen LogP contribution in [0, 0.1) is 0 Å². The molecule has 19 heavy (non-hydrogen) atoms. The van der Waals surface area contributed by atoms with Crippen LogP contribution in [0.4, 0.5) is 11.4 Å². The van der Waals surface area contributed by atoms with Crippen LogP contribution in [0.5, 0.6) is 5.75 Å². The molecule has 0 aliphatic rings. The van der Waals surface area contributed by atoms with Crippen LogP contribution in [0.3, 0.4) is 0 Å². The van der Waals surface area contributed by atoms with Crippen LogP contribution in [-0.2, 0) is 9.53 Å². The number of anilines is 2. The summed E-state index contributed by atoms with van der Waals surface area (Å²) in [4.78, 5) is 11.8. The molecule has 0 unspecified atom stereocenters. The fourth-order valence-corrected chi connectivity index (χ4v) is 1.62. The van der Waals surface area contributed by atoms with E-state index in [1.807, 2.05) is 0 Å². The van der Waals surface area contributed by atoms with Gasteiger partial charge in [0, 0.05) is 25.3 Å². The van der Waals surface area contributed by atoms with Crippen molar-refractivity contribution in [3.8, 4) is 5.75 Å². The zero-order chi connectivity index (χ0) is 14.1. The molecule has 0 saturated heterocycles. The zero-order valence-corrected chi connectivity index (χ0v) is 11.6. The van der Waals surface area contributed by atoms with Crippen molar-refractivity contribution in [2.45, 2.75) is 26.2 Å². The standard InChI is InChI=1S/C14H22N2O3/c1-3-8-19-9-4-5-14(17)16-12-10-11(15)6-7-13(12)18-2/h6-7,10H,3-5,8-9,15H2,1-2H3,(H,16,17). The van der Waals surface area contributed by atoms with Gasteiger partial charge >= 0.3 is 0 Å². The molecule has 1 amide bonds. The molecule has 0 aliphatic heterocycles. The third-order valence-electron chi connectivity index (χ3n) is 2.54. The monoisotopic (exact) mass is 266 g/mol. The molecule has 0 saturated carbocycles. The van der Waals surface area contributed by atoms with Crippen LogP contribution in [-0.4, -0.2) is 26.2 Å². The van der Waals surface area contributed by atoms with Gasteiger partial charge in [0.1, 0.15) is 5.75 Å². The number of hydrogen-bond donors (Lipinski definition) is 2. The number of nitrogens with two attached hydrogens (primary N) is 1. The number of hydrogen-bond acceptors (Lipinski definition) is 4. The van der Waals surface area contributed by atoms with E-state index >= 15 is 0 Å². The lowest BCUT2D eigenvalue weighted by Gasteiger charge is -2.11. The quantitative estimate of drug-likeness (QED) is 0.560. The van der Waals surface area contributed by atoms with E-state index in [0.29, 0.717) is 36.6 Å². The van der Waals surface area contributed by atoms with Gasteiger partial charge in [-0.3, -0.25) is 4.79 Å². The molecule has 0 fully saturated rings. The second-order valence-electron chi connectivity index (χ2n) is 4.22. The molecule has 0 bridgehead atoms. The Morgan fingerprint density at radius 1 is 1.37 bits per heavy atom. The van der Waals surface area contributed by atoms with Crippen molar-refractivity contribution in [1.29, 1.82) is 0 Å². The van der Waals surface area contributed by atoms with Gasteiger partial charge in [-0.1, -0.05) is 6.92 Å². The molecule has 0 aliphatic carbocycles. The summed E-state index contributed by atoms with van der Waals surface area (Å²) in [6, 6.07) is 5.15. The molecule has 5 heteroatoms. The van der Waals surface area contributed by atoms with E-state index < -0.39 is 0 Å². The predicted octanol–water partition coefficient (Wildman–Crippen LogP) is 2.42. The number of carbonyl (C=O) groups is 1. The maximum absolute atomic E-state index is 11.8. The third-order valence-corrected chi connectivity index (χ3v) is 2.54. The number of nitrogens with one attached hydrogen (secondary N) is 1. The van der Waals surface area contributed by atoms with Gasteiger partial charge in [0.25, 0.3) is 0 Å². The molecule has 106 valence electrons. The van der Waals surface area contributed by atoms with Gasteiger partial charge in [-0.05, 0) is 31.0 Å². The summed E-state index contributed by atoms with van der Waals surface area (Å²) in [5.74, 6) is 0.536. The minimum atomic E-state index is -0.0657. The van der Waals surface area contributed by atoms with Crippen molar-refractivity contribution >= 4 is 17.3 Å². The number of methoxy groups -OCH3 is 1. The molecule has 0 heterocycles. The lowest BCUT2D eigenvalue weighted by molar-refractivity contribution is -0.116. The molecule has 3 N–H and O–H groups in total. The lowest BCUT2D eigenvalue weighted by Crippen LogP contribution is -2.13. The van der Waals surface area contributed by atoms with Crippen LogP contribution in [0.1, 0.15) is 26.2 Å². The smallest absolute Gasteiger partial charge is 0.224 e. The number of nitrogen functional groups attached to an aromatic ring is 1. The van der Waals surface area contributed by atoms with Crippen molar-refractivity contribution in [2.75, 3.05) is 31.4 Å². The van der Waals surface area contributed by atoms with Gasteiger partial charge in [0.05, 0.1) is 12.8 Å². The highest BCUT2D eigenvalue weighted by molar-refractivity contribution is 5.92. The number of benzene rings is 1. The molecule has 0 radical (unpaired) electrons. The minimum absolute atomic E-state index is 0.0657. The van der Waals surface area contributed by atoms with Gasteiger partial charge in [-0.25, -0.2) is 0 Å². The first-order valence-electron chi connectivity index (χ1n) is 6.48. The highest BCUT2D eigenvalue weighted by Gasteiger charge is 2.07. The van der Waals surface area contributed by atoms with Crippen molar-refractivity contribution < 1.29 is 14.3 Å². The Kier molecular flexibility index (Phi) is 6.74. The van der Waals surface area contributed by atoms with E-state index in [9.17, 15) is 4.79 Å². The number of rotatable bonds is 8. The van der Waals surface area contributed by atoms with Crippen molar-refractivity contribution in [2.24, 2.45) is 0 Å². The van der Waals surface area contributed by atoms with E-state index in [1.54, 1.807) is 25.3 Å². The molecular formula is C14H22N2O3. The average molecular weight is 266 g/mol. The van der Waals surface area contributed by atoms with Crippen LogP contribution in [0.15, 0.2) is 18.2 Å². The number of ether oxygens (including phenoxy) is 2. The summed E-state index contributed by atoms with van der Waals surface area (Å²) in [5.41, 5.74) is 6.87. The van der Waals surface area contributed by atoms with E-state index in [1.165, 1.54) is 0 Å². The number of amides is 1. The third kappa shape index (κ3) is 5.61. The molecule has 0 aromatic heterocycles. The van der Waals surface area contributed by atoms with E-state index in [-0.39, 0.29) is 5.91 Å². The molecule has 5 nitrogen and oxygen atoms in total. The highest BCUT2D eigenvalue weighted by atomic mass is 16.5. The fourth-order valence-electron chi connectivity index (χ4n) is 1.62. The Balaban J connectivity index is 2.41. The second kappa shape index (κ2) is 8.37. The topological polar surface area (TPSA) is 73.6 Å². The van der Waals surface area contributed by atoms with Crippen LogP contribution in [0.25, 0.3) is 0 Å². The van der Waals surface area contributed by atoms with Gasteiger partial charge in [0.15, 0.2) is 0 Å². The van der Waals surface area contributed by atoms with E-state index in [4.69, 9.17) is 15.2 Å². The Morgan fingerprint density at radius 3 is 2.84 bits per heavy atom. The molecule has 0 atom stereocenters. The first kappa shape index (κ1) is 15.3. The van der Waals surface area contributed by atoms with E-state index in [2.05, 4.69) is 12.2 Å². The predicted molar refractivity (Wildman–Crippen MR) is 76.4 cm³/mol. The lowest BCUT2D eigenvalue weighted by atomic mass is 10.2. The van der Waals surface area contributed by atoms with Gasteiger partial charge < -0.3 is 20.5 Å². The molecule has 1 aromatic carbocycles. The Bertz CT molecular complexity index is 408. The number of carbonyl (C=O) groups excluding carboxylic acids is 1. The maximum Gasteiger partial charge on any atom is 0.224 e. The molecular weight excluding hydrogens is 244 g/mol. The largest absolute Gasteiger partial charge is 0.495 e. The molecule has 1 rings (SSSR count). The first-order valence-corrected chi connectivity index (χ1v) is 6.48. The Hall–Kier alpha value is -1.75. The van der Waals surface area contributed by atoms with Crippen LogP contribution >= 0.6 is 0 Å². The van der Waals surface area contributed by atoms with Gasteiger partial charge in [0.2, 0.25) is 5.91 Å². The normalized spacial score (nSPS) is 10.2. The van der Waals surface area contributed by atoms with Crippen molar-refractivity contribution in [3.05, 3.63) is 18.2 Å². The zero-order valence-electron chi connectivity index (χ0n) is 11.6. The summed E-state index contributed by atoms with van der Waals surface area (Å²) in [6.45, 7) is 3.40. The highest BCUT2D eigenvalue weighted by Crippen LogP contribution is 2.26. The second-order valence-corrected chi connectivity index (χ2v) is 4.22. The fraction of sp³-hybridized carbons (Fsp3) is 0.500. The van der Waals surface area contributed by atoms with E-state index in [0.717, 1.165) is 13.0 Å². The van der Waals surface area contributed by atoms with Crippen molar-refractivity contribution in [3.63, 3.8) is 0 Å². The summed E-state index contributed by atoms with van der Waals surface area (Å²) < 4.78 is 10.5. The van der Waals surface area contributed by atoms with Gasteiger partial charge in [-0.2, -0.15) is 0 Å². The summed E-state index contributed by atoms with van der Waals surface area (Å²) in [6.07, 6.45) is 2.12. The Morgan fingerprint density at radius 2 is 2.16 bits per heavy atom. The van der Waals surface area contributed by atoms with Crippen LogP contribution < -0.4 is 15.8 Å². The Labute approximate surface area is 114 Å². The molecule has 0 spiro atoms. The first-order chi connectivity index (χ1) is 9.17. The summed E-state index contributed by atoms with van der Waals surface area (Å²) in [7, 11) is 1.56. The molecule has 1 aromatic rings. The van der Waals surface area contributed by atoms with Crippen LogP contribution in [0.2, 0.25) is 0 Å².